The quantitative estimate of drug-likeness (QED) is 0.261. The minimum absolute atomic E-state index is 0.0426. The normalized spacial score (nSPS) is 17.5. The van der Waals surface area contributed by atoms with E-state index in [0.29, 0.717) is 34.0 Å². The van der Waals surface area contributed by atoms with Gasteiger partial charge in [-0.3, -0.25) is 9.69 Å². The molecular weight excluding hydrogens is 588 g/mol. The first-order valence-electron chi connectivity index (χ1n) is 14.2. The van der Waals surface area contributed by atoms with Gasteiger partial charge in [0.1, 0.15) is 17.3 Å². The highest BCUT2D eigenvalue weighted by molar-refractivity contribution is 7.18. The molecule has 2 fully saturated rings. The van der Waals surface area contributed by atoms with Crippen molar-refractivity contribution in [2.45, 2.75) is 32.4 Å². The van der Waals surface area contributed by atoms with Gasteiger partial charge >= 0.3 is 0 Å². The van der Waals surface area contributed by atoms with Crippen LogP contribution in [0.1, 0.15) is 24.0 Å². The van der Waals surface area contributed by atoms with Gasteiger partial charge < -0.3 is 20.3 Å². The monoisotopic (exact) mass is 620 g/mol. The summed E-state index contributed by atoms with van der Waals surface area (Å²) in [7, 11) is 0. The van der Waals surface area contributed by atoms with Crippen LogP contribution in [0.3, 0.4) is 0 Å². The molecule has 0 radical (unpaired) electrons. The number of thiazole rings is 1. The molecule has 43 heavy (non-hydrogen) atoms. The average Bonchev–Trinajstić information content (AvgIpc) is 3.67. The number of hydrogen-bond acceptors (Lipinski definition) is 11. The summed E-state index contributed by atoms with van der Waals surface area (Å²) in [5.74, 6) is 1.84. The van der Waals surface area contributed by atoms with Crippen molar-refractivity contribution >= 4 is 45.6 Å². The zero-order valence-corrected chi connectivity index (χ0v) is 25.4. The zero-order chi connectivity index (χ0) is 29.8. The number of aryl methyl sites for hydroxylation is 1. The smallest absolute Gasteiger partial charge is 0.246 e. The van der Waals surface area contributed by atoms with E-state index in [1.807, 2.05) is 30.0 Å². The summed E-state index contributed by atoms with van der Waals surface area (Å²) in [5, 5.41) is 21.2. The number of morpholine rings is 1. The standard InChI is InChI=1S/C29H33ClN10O2S/c1-3-26(41)39-9-5-7-21(18-39)32-24-14-20(17-38-10-12-42-13-11-38)15-25(33-24)34-29-31-16-23(43-29)28-35-37-40(36-28)27-19(2)6-4-8-22(27)30/h3-4,6,8,14-16,21H,1,5,7,9-13,17-18H2,2H3,(H2,31,32,33,34)/t21-/m0/s1. The molecule has 0 saturated carbocycles. The fourth-order valence-corrected chi connectivity index (χ4v) is 6.34. The van der Waals surface area contributed by atoms with E-state index in [1.54, 1.807) is 12.3 Å². The van der Waals surface area contributed by atoms with E-state index in [-0.39, 0.29) is 11.9 Å². The number of carbonyl (C=O) groups excluding carboxylic acids is 1. The number of piperidine rings is 1. The van der Waals surface area contributed by atoms with Gasteiger partial charge in [-0.1, -0.05) is 41.6 Å². The van der Waals surface area contributed by atoms with Crippen molar-refractivity contribution in [1.29, 1.82) is 0 Å². The fraction of sp³-hybridized carbons (Fsp3) is 0.379. The number of halogens is 1. The van der Waals surface area contributed by atoms with Crippen molar-refractivity contribution < 1.29 is 9.53 Å². The summed E-state index contributed by atoms with van der Waals surface area (Å²) in [5.41, 5.74) is 2.76. The number of amides is 1. The molecule has 0 aliphatic carbocycles. The predicted octanol–water partition coefficient (Wildman–Crippen LogP) is 4.31. The molecule has 5 heterocycles. The van der Waals surface area contributed by atoms with Crippen molar-refractivity contribution in [3.05, 3.63) is 65.3 Å². The third kappa shape index (κ3) is 7.02. The highest BCUT2D eigenvalue weighted by Gasteiger charge is 2.23. The molecule has 0 spiro atoms. The van der Waals surface area contributed by atoms with Gasteiger partial charge in [-0.05, 0) is 60.4 Å². The number of aromatic nitrogens is 6. The predicted molar refractivity (Wildman–Crippen MR) is 167 cm³/mol. The summed E-state index contributed by atoms with van der Waals surface area (Å²) in [6, 6.07) is 9.87. The summed E-state index contributed by atoms with van der Waals surface area (Å²) in [6.45, 7) is 10.9. The van der Waals surface area contributed by atoms with Crippen LogP contribution in [-0.4, -0.2) is 91.3 Å². The van der Waals surface area contributed by atoms with Crippen molar-refractivity contribution in [2.24, 2.45) is 0 Å². The number of rotatable bonds is 9. The minimum atomic E-state index is -0.0426. The molecule has 2 saturated heterocycles. The Hall–Kier alpha value is -3.91. The van der Waals surface area contributed by atoms with Gasteiger partial charge in [0.05, 0.1) is 29.3 Å². The average molecular weight is 621 g/mol. The number of nitrogens with zero attached hydrogens (tertiary/aromatic N) is 8. The van der Waals surface area contributed by atoms with E-state index >= 15 is 0 Å². The molecule has 14 heteroatoms. The Morgan fingerprint density at radius 1 is 1.23 bits per heavy atom. The number of tetrazole rings is 1. The van der Waals surface area contributed by atoms with Crippen LogP contribution in [-0.2, 0) is 16.1 Å². The molecule has 12 nitrogen and oxygen atoms in total. The highest BCUT2D eigenvalue weighted by Crippen LogP contribution is 2.30. The fourth-order valence-electron chi connectivity index (χ4n) is 5.30. The summed E-state index contributed by atoms with van der Waals surface area (Å²) in [4.78, 5) is 28.1. The Morgan fingerprint density at radius 2 is 2.07 bits per heavy atom. The van der Waals surface area contributed by atoms with Gasteiger partial charge in [-0.15, -0.1) is 15.0 Å². The molecule has 4 aromatic rings. The van der Waals surface area contributed by atoms with Crippen LogP contribution in [0, 0.1) is 6.92 Å². The maximum Gasteiger partial charge on any atom is 0.246 e. The number of para-hydroxylation sites is 1. The minimum Gasteiger partial charge on any atom is -0.379 e. The number of carbonyl (C=O) groups is 1. The van der Waals surface area contributed by atoms with Crippen LogP contribution in [0.5, 0.6) is 0 Å². The van der Waals surface area contributed by atoms with Gasteiger partial charge in [0, 0.05) is 38.8 Å². The number of pyridine rings is 1. The van der Waals surface area contributed by atoms with Gasteiger partial charge in [0.2, 0.25) is 11.7 Å². The molecule has 0 bridgehead atoms. The lowest BCUT2D eigenvalue weighted by atomic mass is 10.1. The number of ether oxygens (including phenoxy) is 1. The van der Waals surface area contributed by atoms with Gasteiger partial charge in [0.15, 0.2) is 5.13 Å². The lowest BCUT2D eigenvalue weighted by Crippen LogP contribution is -2.44. The van der Waals surface area contributed by atoms with E-state index in [1.165, 1.54) is 22.2 Å². The topological polar surface area (TPSA) is 126 Å². The molecule has 1 atom stereocenters. The molecule has 2 N–H and O–H groups in total. The number of hydrogen-bond donors (Lipinski definition) is 2. The van der Waals surface area contributed by atoms with Crippen molar-refractivity contribution in [3.8, 4) is 16.4 Å². The Labute approximate surface area is 258 Å². The lowest BCUT2D eigenvalue weighted by molar-refractivity contribution is -0.127. The number of nitrogens with one attached hydrogen (secondary N) is 2. The van der Waals surface area contributed by atoms with Crippen molar-refractivity contribution in [3.63, 3.8) is 0 Å². The maximum atomic E-state index is 12.2. The molecule has 2 aliphatic rings. The second-order valence-corrected chi connectivity index (χ2v) is 12.0. The number of likely N-dealkylation sites (tertiary alicyclic amines) is 1. The van der Waals surface area contributed by atoms with E-state index in [4.69, 9.17) is 21.3 Å². The molecule has 224 valence electrons. The Bertz CT molecular complexity index is 1580. The first kappa shape index (κ1) is 29.2. The molecule has 3 aromatic heterocycles. The molecule has 1 amide bonds. The second kappa shape index (κ2) is 13.2. The molecule has 1 aromatic carbocycles. The first-order chi connectivity index (χ1) is 20.9. The van der Waals surface area contributed by atoms with E-state index in [9.17, 15) is 4.79 Å². The summed E-state index contributed by atoms with van der Waals surface area (Å²) in [6.07, 6.45) is 4.97. The largest absolute Gasteiger partial charge is 0.379 e. The van der Waals surface area contributed by atoms with Crippen LogP contribution in [0.15, 0.2) is 49.2 Å². The SMILES string of the molecule is C=CC(=O)N1CCC[C@H](Nc2cc(CN3CCOCC3)cc(Nc3ncc(-c4nnn(-c5c(C)cccc5Cl)n4)s3)n2)C1. The summed E-state index contributed by atoms with van der Waals surface area (Å²) >= 11 is 7.81. The molecule has 2 aliphatic heterocycles. The highest BCUT2D eigenvalue weighted by atomic mass is 35.5. The first-order valence-corrected chi connectivity index (χ1v) is 15.4. The van der Waals surface area contributed by atoms with Gasteiger partial charge in [0.25, 0.3) is 0 Å². The van der Waals surface area contributed by atoms with E-state index in [0.717, 1.165) is 74.1 Å². The third-order valence-electron chi connectivity index (χ3n) is 7.42. The number of anilines is 3. The van der Waals surface area contributed by atoms with Crippen molar-refractivity contribution in [1.82, 2.24) is 40.0 Å². The van der Waals surface area contributed by atoms with Gasteiger partial charge in [-0.25, -0.2) is 9.97 Å². The lowest BCUT2D eigenvalue weighted by Gasteiger charge is -2.33. The molecule has 0 unspecified atom stereocenters. The maximum absolute atomic E-state index is 12.2. The Morgan fingerprint density at radius 3 is 2.88 bits per heavy atom. The molecular formula is C29H33ClN10O2S. The van der Waals surface area contributed by atoms with Crippen LogP contribution >= 0.6 is 22.9 Å². The van der Waals surface area contributed by atoms with Crippen LogP contribution in [0.25, 0.3) is 16.4 Å². The second-order valence-electron chi connectivity index (χ2n) is 10.6. The number of benzene rings is 1. The summed E-state index contributed by atoms with van der Waals surface area (Å²) < 4.78 is 5.53. The van der Waals surface area contributed by atoms with Crippen LogP contribution < -0.4 is 10.6 Å². The van der Waals surface area contributed by atoms with Crippen LogP contribution in [0.4, 0.5) is 16.8 Å². The Kier molecular flexibility index (Phi) is 8.93. The van der Waals surface area contributed by atoms with Gasteiger partial charge in [-0.2, -0.15) is 0 Å². The van der Waals surface area contributed by atoms with E-state index < -0.39 is 0 Å². The third-order valence-corrected chi connectivity index (χ3v) is 8.63. The van der Waals surface area contributed by atoms with Crippen molar-refractivity contribution in [2.75, 3.05) is 50.0 Å². The molecule has 6 rings (SSSR count). The zero-order valence-electron chi connectivity index (χ0n) is 23.9. The van der Waals surface area contributed by atoms with E-state index in [2.05, 4.69) is 48.6 Å². The van der Waals surface area contributed by atoms with Crippen LogP contribution in [0.2, 0.25) is 5.02 Å². The Balaban J connectivity index is 1.21.